The number of aromatic nitrogens is 1. The van der Waals surface area contributed by atoms with Crippen LogP contribution in [0.15, 0.2) is 36.5 Å². The van der Waals surface area contributed by atoms with E-state index in [2.05, 4.69) is 10.3 Å². The van der Waals surface area contributed by atoms with Crippen molar-refractivity contribution in [2.45, 2.75) is 6.54 Å². The van der Waals surface area contributed by atoms with E-state index in [4.69, 9.17) is 11.6 Å². The van der Waals surface area contributed by atoms with Gasteiger partial charge in [0.25, 0.3) is 0 Å². The van der Waals surface area contributed by atoms with Gasteiger partial charge in [0.2, 0.25) is 0 Å². The van der Waals surface area contributed by atoms with Crippen molar-refractivity contribution in [3.63, 3.8) is 0 Å². The first kappa shape index (κ1) is 13.6. The number of halogens is 2. The molecule has 0 aliphatic carbocycles. The lowest BCUT2D eigenvalue weighted by Gasteiger charge is -2.17. The minimum atomic E-state index is -0.330. The third-order valence-corrected chi connectivity index (χ3v) is 2.83. The minimum absolute atomic E-state index is 0.330. The second kappa shape index (κ2) is 5.89. The Bertz CT molecular complexity index is 552. The summed E-state index contributed by atoms with van der Waals surface area (Å²) in [5.41, 5.74) is 1.69. The highest BCUT2D eigenvalue weighted by molar-refractivity contribution is 6.30. The molecule has 0 aliphatic heterocycles. The Morgan fingerprint density at radius 1 is 1.32 bits per heavy atom. The average Bonchev–Trinajstić information content (AvgIpc) is 2.35. The molecule has 2 rings (SSSR count). The number of hydrogen-bond acceptors (Lipinski definition) is 3. The van der Waals surface area contributed by atoms with Crippen LogP contribution in [0, 0.1) is 5.82 Å². The van der Waals surface area contributed by atoms with Gasteiger partial charge in [-0.25, -0.2) is 9.37 Å². The molecule has 100 valence electrons. The molecule has 3 nitrogen and oxygen atoms in total. The van der Waals surface area contributed by atoms with Crippen LogP contribution in [0.2, 0.25) is 5.02 Å². The van der Waals surface area contributed by atoms with Crippen molar-refractivity contribution in [1.82, 2.24) is 4.98 Å². The maximum Gasteiger partial charge on any atom is 0.151 e. The normalized spacial score (nSPS) is 10.3. The molecule has 1 N–H and O–H groups in total. The number of benzene rings is 1. The van der Waals surface area contributed by atoms with Crippen molar-refractivity contribution in [3.05, 3.63) is 52.9 Å². The van der Waals surface area contributed by atoms with E-state index in [9.17, 15) is 4.39 Å². The van der Waals surface area contributed by atoms with Crippen molar-refractivity contribution < 1.29 is 4.39 Å². The highest BCUT2D eigenvalue weighted by atomic mass is 35.5. The summed E-state index contributed by atoms with van der Waals surface area (Å²) in [6, 6.07) is 8.28. The summed E-state index contributed by atoms with van der Waals surface area (Å²) in [4.78, 5) is 6.21. The summed E-state index contributed by atoms with van der Waals surface area (Å²) < 4.78 is 13.2. The molecule has 2 aromatic rings. The monoisotopic (exact) mass is 279 g/mol. The number of nitrogens with one attached hydrogen (secondary N) is 1. The van der Waals surface area contributed by atoms with E-state index < -0.39 is 0 Å². The molecule has 0 fully saturated rings. The number of pyridine rings is 1. The SMILES string of the molecule is CN(C)c1ncccc1NCc1cc(F)cc(Cl)c1. The van der Waals surface area contributed by atoms with Crippen molar-refractivity contribution in [3.8, 4) is 0 Å². The molecule has 0 atom stereocenters. The van der Waals surface area contributed by atoms with Gasteiger partial charge in [-0.05, 0) is 35.9 Å². The number of anilines is 2. The Kier molecular flexibility index (Phi) is 4.22. The van der Waals surface area contributed by atoms with Crippen LogP contribution in [0.5, 0.6) is 0 Å². The topological polar surface area (TPSA) is 28.2 Å². The van der Waals surface area contributed by atoms with Crippen LogP contribution in [0.25, 0.3) is 0 Å². The van der Waals surface area contributed by atoms with E-state index in [0.717, 1.165) is 17.1 Å². The van der Waals surface area contributed by atoms with Crippen LogP contribution in [-0.4, -0.2) is 19.1 Å². The van der Waals surface area contributed by atoms with Gasteiger partial charge in [0.15, 0.2) is 5.82 Å². The maximum atomic E-state index is 13.2. The molecule has 0 aliphatic rings. The molecule has 0 saturated carbocycles. The number of rotatable bonds is 4. The molecule has 0 saturated heterocycles. The molecular weight excluding hydrogens is 265 g/mol. The fourth-order valence-corrected chi connectivity index (χ4v) is 2.05. The zero-order valence-electron chi connectivity index (χ0n) is 10.8. The molecule has 0 radical (unpaired) electrons. The predicted octanol–water partition coefficient (Wildman–Crippen LogP) is 3.55. The summed E-state index contributed by atoms with van der Waals surface area (Å²) in [6.07, 6.45) is 1.74. The molecule has 19 heavy (non-hydrogen) atoms. The molecule has 0 unspecified atom stereocenters. The second-order valence-corrected chi connectivity index (χ2v) is 4.84. The van der Waals surface area contributed by atoms with Gasteiger partial charge < -0.3 is 10.2 Å². The van der Waals surface area contributed by atoms with Gasteiger partial charge in [0, 0.05) is 31.9 Å². The Morgan fingerprint density at radius 2 is 2.11 bits per heavy atom. The molecule has 5 heteroatoms. The summed E-state index contributed by atoms with van der Waals surface area (Å²) in [7, 11) is 3.85. The molecule has 0 bridgehead atoms. The lowest BCUT2D eigenvalue weighted by molar-refractivity contribution is 0.626. The van der Waals surface area contributed by atoms with Gasteiger partial charge in [-0.3, -0.25) is 0 Å². The first-order chi connectivity index (χ1) is 9.06. The lowest BCUT2D eigenvalue weighted by Crippen LogP contribution is -2.13. The smallest absolute Gasteiger partial charge is 0.151 e. The number of nitrogens with zero attached hydrogens (tertiary/aromatic N) is 2. The van der Waals surface area contributed by atoms with Crippen molar-refractivity contribution in [1.29, 1.82) is 0 Å². The van der Waals surface area contributed by atoms with E-state index >= 15 is 0 Å². The maximum absolute atomic E-state index is 13.2. The molecule has 1 aromatic heterocycles. The van der Waals surface area contributed by atoms with Gasteiger partial charge in [0.05, 0.1) is 5.69 Å². The van der Waals surface area contributed by atoms with E-state index in [1.54, 1.807) is 12.3 Å². The Balaban J connectivity index is 2.14. The summed E-state index contributed by atoms with van der Waals surface area (Å²) in [5, 5.41) is 3.63. The molecule has 1 aromatic carbocycles. The average molecular weight is 280 g/mol. The van der Waals surface area contributed by atoms with Gasteiger partial charge in [-0.1, -0.05) is 11.6 Å². The Labute approximate surface area is 117 Å². The van der Waals surface area contributed by atoms with Crippen molar-refractivity contribution in [2.24, 2.45) is 0 Å². The first-order valence-electron chi connectivity index (χ1n) is 5.87. The first-order valence-corrected chi connectivity index (χ1v) is 6.25. The van der Waals surface area contributed by atoms with E-state index in [1.165, 1.54) is 12.1 Å². The Morgan fingerprint density at radius 3 is 2.79 bits per heavy atom. The Hall–Kier alpha value is -1.81. The van der Waals surface area contributed by atoms with Crippen LogP contribution in [0.1, 0.15) is 5.56 Å². The third-order valence-electron chi connectivity index (χ3n) is 2.62. The second-order valence-electron chi connectivity index (χ2n) is 4.40. The van der Waals surface area contributed by atoms with E-state index in [1.807, 2.05) is 31.1 Å². The van der Waals surface area contributed by atoms with Gasteiger partial charge in [-0.15, -0.1) is 0 Å². The van der Waals surface area contributed by atoms with E-state index in [-0.39, 0.29) is 5.82 Å². The van der Waals surface area contributed by atoms with Crippen LogP contribution in [0.3, 0.4) is 0 Å². The largest absolute Gasteiger partial charge is 0.378 e. The fraction of sp³-hybridized carbons (Fsp3) is 0.214. The molecule has 0 amide bonds. The third kappa shape index (κ3) is 3.58. The van der Waals surface area contributed by atoms with Crippen molar-refractivity contribution >= 4 is 23.1 Å². The van der Waals surface area contributed by atoms with Gasteiger partial charge in [-0.2, -0.15) is 0 Å². The highest BCUT2D eigenvalue weighted by Gasteiger charge is 2.05. The van der Waals surface area contributed by atoms with Crippen LogP contribution in [0.4, 0.5) is 15.9 Å². The predicted molar refractivity (Wildman–Crippen MR) is 77.3 cm³/mol. The van der Waals surface area contributed by atoms with Crippen LogP contribution in [-0.2, 0) is 6.54 Å². The fourth-order valence-electron chi connectivity index (χ4n) is 1.80. The van der Waals surface area contributed by atoms with Gasteiger partial charge in [0.1, 0.15) is 5.82 Å². The number of hydrogen-bond donors (Lipinski definition) is 1. The zero-order chi connectivity index (χ0) is 13.8. The van der Waals surface area contributed by atoms with Crippen LogP contribution < -0.4 is 10.2 Å². The highest BCUT2D eigenvalue weighted by Crippen LogP contribution is 2.22. The van der Waals surface area contributed by atoms with Crippen molar-refractivity contribution in [2.75, 3.05) is 24.3 Å². The summed E-state index contributed by atoms with van der Waals surface area (Å²) >= 11 is 5.83. The lowest BCUT2D eigenvalue weighted by atomic mass is 10.2. The zero-order valence-corrected chi connectivity index (χ0v) is 11.6. The minimum Gasteiger partial charge on any atom is -0.378 e. The molecule has 1 heterocycles. The summed E-state index contributed by atoms with van der Waals surface area (Å²) in [6.45, 7) is 0.490. The van der Waals surface area contributed by atoms with Gasteiger partial charge >= 0.3 is 0 Å². The quantitative estimate of drug-likeness (QED) is 0.928. The molecular formula is C14H15ClFN3. The molecule has 0 spiro atoms. The van der Waals surface area contributed by atoms with E-state index in [0.29, 0.717) is 11.6 Å². The van der Waals surface area contributed by atoms with Crippen LogP contribution >= 0.6 is 11.6 Å². The standard InChI is InChI=1S/C14H15ClFN3/c1-19(2)14-13(4-3-5-17-14)18-9-10-6-11(15)8-12(16)7-10/h3-8,18H,9H2,1-2H3. The summed E-state index contributed by atoms with van der Waals surface area (Å²) in [5.74, 6) is 0.508.